The molecule has 1 atom stereocenters. The summed E-state index contributed by atoms with van der Waals surface area (Å²) in [6.45, 7) is 6.34. The van der Waals surface area contributed by atoms with Crippen molar-refractivity contribution >= 4 is 36.4 Å². The molecule has 1 saturated heterocycles. The summed E-state index contributed by atoms with van der Waals surface area (Å²) >= 11 is 0. The Morgan fingerprint density at radius 1 is 1.42 bits per heavy atom. The molecule has 6 nitrogen and oxygen atoms in total. The molecule has 3 N–H and O–H groups in total. The van der Waals surface area contributed by atoms with Gasteiger partial charge >= 0.3 is 0 Å². The number of nitrogens with one attached hydrogen (secondary N) is 1. The number of carbonyl (C=O) groups excluding carboxylic acids is 1. The third-order valence-corrected chi connectivity index (χ3v) is 5.04. The molecule has 1 aromatic heterocycles. The molecule has 0 spiro atoms. The van der Waals surface area contributed by atoms with Crippen molar-refractivity contribution in [1.29, 1.82) is 0 Å². The lowest BCUT2D eigenvalue weighted by molar-refractivity contribution is -0.131. The Bertz CT molecular complexity index is 496. The van der Waals surface area contributed by atoms with Crippen molar-refractivity contribution in [3.63, 3.8) is 0 Å². The minimum atomic E-state index is -0.420. The quantitative estimate of drug-likeness (QED) is 0.793. The maximum Gasteiger partial charge on any atom is 0.227 e. The summed E-state index contributed by atoms with van der Waals surface area (Å²) in [4.78, 5) is 14.9. The number of hydrogen-bond donors (Lipinski definition) is 2. The minimum Gasteiger partial charge on any atom is -0.367 e. The summed E-state index contributed by atoms with van der Waals surface area (Å²) in [5.74, 6) is 0.109. The predicted molar refractivity (Wildman–Crippen MR) is 103 cm³/mol. The molecule has 0 radical (unpaired) electrons. The molecule has 8 heteroatoms. The molecule has 1 fully saturated rings. The molecule has 1 unspecified atom stereocenters. The Morgan fingerprint density at radius 2 is 2.08 bits per heavy atom. The van der Waals surface area contributed by atoms with Crippen LogP contribution < -0.4 is 16.0 Å². The number of carbonyl (C=O) groups is 1. The number of aryl methyl sites for hydroxylation is 1. The van der Waals surface area contributed by atoms with Crippen LogP contribution in [0.15, 0.2) is 12.4 Å². The molecule has 2 heterocycles. The highest BCUT2D eigenvalue weighted by molar-refractivity contribution is 5.85. The van der Waals surface area contributed by atoms with E-state index in [2.05, 4.69) is 15.3 Å². The van der Waals surface area contributed by atoms with Crippen LogP contribution in [0.5, 0.6) is 0 Å². The van der Waals surface area contributed by atoms with Crippen molar-refractivity contribution in [3.05, 3.63) is 12.4 Å². The molecule has 0 aromatic carbocycles. The van der Waals surface area contributed by atoms with Crippen molar-refractivity contribution in [1.82, 2.24) is 15.1 Å². The van der Waals surface area contributed by atoms with Gasteiger partial charge in [-0.2, -0.15) is 5.10 Å². The van der Waals surface area contributed by atoms with Gasteiger partial charge in [0.2, 0.25) is 5.91 Å². The number of nitrogens with zero attached hydrogens (tertiary/aromatic N) is 3. The van der Waals surface area contributed by atoms with E-state index in [9.17, 15) is 4.79 Å². The Hall–Kier alpha value is -0.980. The third kappa shape index (κ3) is 5.01. The number of halogens is 2. The second-order valence-corrected chi connectivity index (χ2v) is 6.32. The van der Waals surface area contributed by atoms with Gasteiger partial charge in [-0.1, -0.05) is 13.8 Å². The maximum atomic E-state index is 12.6. The zero-order valence-corrected chi connectivity index (χ0v) is 16.5. The average molecular weight is 380 g/mol. The number of anilines is 1. The molecular weight excluding hydrogens is 349 g/mol. The first-order valence-corrected chi connectivity index (χ1v) is 8.29. The molecule has 1 aliphatic rings. The van der Waals surface area contributed by atoms with Crippen molar-refractivity contribution in [3.8, 4) is 0 Å². The van der Waals surface area contributed by atoms with Gasteiger partial charge in [0.15, 0.2) is 0 Å². The smallest absolute Gasteiger partial charge is 0.227 e. The highest BCUT2D eigenvalue weighted by Crippen LogP contribution is 2.26. The Morgan fingerprint density at radius 3 is 2.58 bits per heavy atom. The zero-order valence-electron chi connectivity index (χ0n) is 14.8. The van der Waals surface area contributed by atoms with Gasteiger partial charge in [0.1, 0.15) is 0 Å². The molecule has 1 amide bonds. The van der Waals surface area contributed by atoms with Crippen LogP contribution in [0.2, 0.25) is 0 Å². The van der Waals surface area contributed by atoms with E-state index in [4.69, 9.17) is 5.73 Å². The van der Waals surface area contributed by atoms with Crippen molar-refractivity contribution < 1.29 is 4.79 Å². The van der Waals surface area contributed by atoms with Crippen LogP contribution in [0.4, 0.5) is 5.69 Å². The van der Waals surface area contributed by atoms with E-state index >= 15 is 0 Å². The fraction of sp³-hybridized carbons (Fsp3) is 0.750. The van der Waals surface area contributed by atoms with Crippen molar-refractivity contribution in [2.75, 3.05) is 24.5 Å². The lowest BCUT2D eigenvalue weighted by atomic mass is 9.81. The SMILES string of the molecule is CCC(CC)(CN)C(=O)NC1CCCN(c2cnn(C)c2)C1.Cl.Cl. The van der Waals surface area contributed by atoms with E-state index in [0.29, 0.717) is 6.54 Å². The van der Waals surface area contributed by atoms with Gasteiger partial charge in [0.05, 0.1) is 17.3 Å². The molecule has 1 aliphatic heterocycles. The molecule has 0 aliphatic carbocycles. The summed E-state index contributed by atoms with van der Waals surface area (Å²) in [7, 11) is 1.92. The van der Waals surface area contributed by atoms with E-state index in [0.717, 1.165) is 44.5 Å². The topological polar surface area (TPSA) is 76.2 Å². The van der Waals surface area contributed by atoms with Crippen molar-refractivity contribution in [2.45, 2.75) is 45.6 Å². The molecule has 0 bridgehead atoms. The average Bonchev–Trinajstić information content (AvgIpc) is 2.96. The van der Waals surface area contributed by atoms with Crippen LogP contribution in [0.3, 0.4) is 0 Å². The van der Waals surface area contributed by atoms with E-state index in [1.54, 1.807) is 0 Å². The lowest BCUT2D eigenvalue weighted by Crippen LogP contribution is -2.53. The van der Waals surface area contributed by atoms with Crippen LogP contribution in [0, 0.1) is 5.41 Å². The highest BCUT2D eigenvalue weighted by atomic mass is 35.5. The summed E-state index contributed by atoms with van der Waals surface area (Å²) in [6, 6.07) is 0.186. The minimum absolute atomic E-state index is 0. The Balaban J connectivity index is 0.00000264. The summed E-state index contributed by atoms with van der Waals surface area (Å²) in [5, 5.41) is 7.46. The predicted octanol–water partition coefficient (Wildman–Crippen LogP) is 2.11. The fourth-order valence-corrected chi connectivity index (χ4v) is 3.19. The normalized spacial score (nSPS) is 17.7. The summed E-state index contributed by atoms with van der Waals surface area (Å²) < 4.78 is 1.81. The van der Waals surface area contributed by atoms with E-state index in [1.165, 1.54) is 0 Å². The number of rotatable bonds is 6. The number of amides is 1. The van der Waals surface area contributed by atoms with E-state index in [1.807, 2.05) is 38.0 Å². The van der Waals surface area contributed by atoms with Gasteiger partial charge in [0.25, 0.3) is 0 Å². The molecular formula is C16H31Cl2N5O. The molecule has 2 rings (SSSR count). The highest BCUT2D eigenvalue weighted by Gasteiger charge is 2.35. The largest absolute Gasteiger partial charge is 0.367 e. The van der Waals surface area contributed by atoms with Gasteiger partial charge < -0.3 is 16.0 Å². The van der Waals surface area contributed by atoms with Crippen LogP contribution in [-0.2, 0) is 11.8 Å². The van der Waals surface area contributed by atoms with Gasteiger partial charge in [-0.15, -0.1) is 24.8 Å². The second kappa shape index (κ2) is 10.1. The zero-order chi connectivity index (χ0) is 16.2. The van der Waals surface area contributed by atoms with Crippen LogP contribution in [0.1, 0.15) is 39.5 Å². The maximum absolute atomic E-state index is 12.6. The molecule has 140 valence electrons. The van der Waals surface area contributed by atoms with Gasteiger partial charge in [0, 0.05) is 38.9 Å². The second-order valence-electron chi connectivity index (χ2n) is 6.32. The first kappa shape index (κ1) is 23.0. The molecule has 0 saturated carbocycles. The number of aromatic nitrogens is 2. The Labute approximate surface area is 157 Å². The van der Waals surface area contributed by atoms with Gasteiger partial charge in [-0.25, -0.2) is 0 Å². The molecule has 24 heavy (non-hydrogen) atoms. The van der Waals surface area contributed by atoms with E-state index in [-0.39, 0.29) is 36.8 Å². The van der Waals surface area contributed by atoms with Crippen LogP contribution in [-0.4, -0.2) is 41.4 Å². The number of nitrogens with two attached hydrogens (primary N) is 1. The van der Waals surface area contributed by atoms with Gasteiger partial charge in [-0.3, -0.25) is 9.48 Å². The summed E-state index contributed by atoms with van der Waals surface area (Å²) in [6.07, 6.45) is 7.57. The monoisotopic (exact) mass is 379 g/mol. The first-order valence-electron chi connectivity index (χ1n) is 8.29. The first-order chi connectivity index (χ1) is 10.5. The van der Waals surface area contributed by atoms with Crippen LogP contribution >= 0.6 is 24.8 Å². The number of piperidine rings is 1. The lowest BCUT2D eigenvalue weighted by Gasteiger charge is -2.36. The third-order valence-electron chi connectivity index (χ3n) is 5.04. The summed E-state index contributed by atoms with van der Waals surface area (Å²) in [5.41, 5.74) is 6.58. The van der Waals surface area contributed by atoms with E-state index < -0.39 is 5.41 Å². The number of hydrogen-bond acceptors (Lipinski definition) is 4. The van der Waals surface area contributed by atoms with Crippen LogP contribution in [0.25, 0.3) is 0 Å². The van der Waals surface area contributed by atoms with Gasteiger partial charge in [-0.05, 0) is 25.7 Å². The standard InChI is InChI=1S/C16H29N5O.2ClH/c1-4-16(5-2,12-17)15(22)19-13-7-6-8-21(10-13)14-9-18-20(3)11-14;;/h9,11,13H,4-8,10,12,17H2,1-3H3,(H,19,22);2*1H. The Kier molecular flexibility index (Phi) is 9.70. The molecule has 1 aromatic rings. The fourth-order valence-electron chi connectivity index (χ4n) is 3.19. The van der Waals surface area contributed by atoms with Crippen molar-refractivity contribution in [2.24, 2.45) is 18.2 Å².